The number of thiocarbonyl (C=S) groups is 1. The lowest BCUT2D eigenvalue weighted by molar-refractivity contribution is 0.341. The highest BCUT2D eigenvalue weighted by Crippen LogP contribution is 2.49. The van der Waals surface area contributed by atoms with E-state index in [2.05, 4.69) is 5.32 Å². The van der Waals surface area contributed by atoms with Gasteiger partial charge in [0.05, 0.1) is 28.4 Å². The Morgan fingerprint density at radius 2 is 2.00 bits per heavy atom. The zero-order valence-corrected chi connectivity index (χ0v) is 18.7. The van der Waals surface area contributed by atoms with Crippen LogP contribution in [0.4, 0.5) is 14.5 Å². The van der Waals surface area contributed by atoms with Gasteiger partial charge in [-0.05, 0) is 55.4 Å². The van der Waals surface area contributed by atoms with Crippen molar-refractivity contribution in [2.75, 3.05) is 11.9 Å². The molecule has 2 aromatic carbocycles. The van der Waals surface area contributed by atoms with E-state index in [4.69, 9.17) is 23.8 Å². The van der Waals surface area contributed by atoms with Crippen LogP contribution in [0.3, 0.4) is 0 Å². The molecular formula is C22H16ClF2N5O2S. The minimum atomic E-state index is -0.777. The largest absolute Gasteiger partial charge is 0.493 e. The minimum absolute atomic E-state index is 0.0925. The molecule has 2 aliphatic rings. The highest BCUT2D eigenvalue weighted by Gasteiger charge is 2.48. The maximum absolute atomic E-state index is 14.1. The molecule has 1 fully saturated rings. The summed E-state index contributed by atoms with van der Waals surface area (Å²) in [5.74, 6) is -1.82. The van der Waals surface area contributed by atoms with Crippen LogP contribution in [-0.4, -0.2) is 30.8 Å². The predicted molar refractivity (Wildman–Crippen MR) is 122 cm³/mol. The van der Waals surface area contributed by atoms with Crippen LogP contribution in [0.2, 0.25) is 5.02 Å². The molecule has 1 unspecified atom stereocenters. The van der Waals surface area contributed by atoms with Gasteiger partial charge in [0, 0.05) is 6.54 Å². The van der Waals surface area contributed by atoms with Crippen molar-refractivity contribution in [1.29, 1.82) is 5.26 Å². The zero-order valence-electron chi connectivity index (χ0n) is 17.1. The molecule has 11 heteroatoms. The van der Waals surface area contributed by atoms with Crippen LogP contribution < -0.4 is 11.0 Å². The molecular weight excluding hydrogens is 472 g/mol. The van der Waals surface area contributed by atoms with E-state index in [0.29, 0.717) is 29.9 Å². The summed E-state index contributed by atoms with van der Waals surface area (Å²) in [6, 6.07) is 7.81. The molecule has 168 valence electrons. The number of imidazole rings is 1. The Labute approximate surface area is 197 Å². The van der Waals surface area contributed by atoms with Gasteiger partial charge in [0.25, 0.3) is 0 Å². The number of fused-ring (bicyclic) bond motifs is 5. The predicted octanol–water partition coefficient (Wildman–Crippen LogP) is 4.15. The Morgan fingerprint density at radius 3 is 2.67 bits per heavy atom. The Kier molecular flexibility index (Phi) is 4.92. The van der Waals surface area contributed by atoms with E-state index in [9.17, 15) is 23.9 Å². The lowest BCUT2D eigenvalue weighted by Gasteiger charge is -2.30. The second kappa shape index (κ2) is 7.57. The summed E-state index contributed by atoms with van der Waals surface area (Å²) < 4.78 is 30.8. The van der Waals surface area contributed by atoms with E-state index in [0.717, 1.165) is 16.7 Å². The molecule has 2 atom stereocenters. The molecule has 0 amide bonds. The Morgan fingerprint density at radius 1 is 1.30 bits per heavy atom. The number of hydrogen-bond acceptors (Lipinski definition) is 4. The number of aromatic nitrogens is 2. The van der Waals surface area contributed by atoms with Gasteiger partial charge in [-0.25, -0.2) is 18.1 Å². The van der Waals surface area contributed by atoms with Gasteiger partial charge in [0.2, 0.25) is 5.88 Å². The molecule has 33 heavy (non-hydrogen) atoms. The average molecular weight is 488 g/mol. The van der Waals surface area contributed by atoms with Crippen molar-refractivity contribution in [3.63, 3.8) is 0 Å². The standard InChI is InChI=1S/C22H16ClF2N5O2S/c1-10-15(6-5-11(8-26)17(10)23)30-20(31)19-16-7-12(29(19)22(30)32)9-28(16)21(33)27-18-13(24)3-2-4-14(18)25/h2-6,12,16,31H,7,9H2,1H3,(H,27,33)/t12-,16?/m1/s1. The van der Waals surface area contributed by atoms with Crippen molar-refractivity contribution >= 4 is 34.6 Å². The molecule has 1 saturated heterocycles. The summed E-state index contributed by atoms with van der Waals surface area (Å²) in [5.41, 5.74) is 0.691. The van der Waals surface area contributed by atoms with Gasteiger partial charge in [0.1, 0.15) is 29.1 Å². The van der Waals surface area contributed by atoms with E-state index in [1.54, 1.807) is 17.9 Å². The quantitative estimate of drug-likeness (QED) is 0.528. The molecule has 0 spiro atoms. The molecule has 2 N–H and O–H groups in total. The van der Waals surface area contributed by atoms with Gasteiger partial charge in [-0.3, -0.25) is 4.57 Å². The number of halogens is 3. The number of nitrogens with zero attached hydrogens (tertiary/aromatic N) is 4. The first-order valence-corrected chi connectivity index (χ1v) is 10.8. The van der Waals surface area contributed by atoms with Crippen LogP contribution in [0.15, 0.2) is 35.1 Å². The van der Waals surface area contributed by atoms with Crippen LogP contribution in [0, 0.1) is 29.9 Å². The first-order chi connectivity index (χ1) is 15.7. The zero-order chi connectivity index (χ0) is 23.6. The van der Waals surface area contributed by atoms with E-state index < -0.39 is 23.4 Å². The fourth-order valence-electron chi connectivity index (χ4n) is 4.69. The summed E-state index contributed by atoms with van der Waals surface area (Å²) in [5, 5.41) is 23.1. The van der Waals surface area contributed by atoms with Gasteiger partial charge in [-0.2, -0.15) is 5.26 Å². The lowest BCUT2D eigenvalue weighted by atomic mass is 10.1. The summed E-state index contributed by atoms with van der Waals surface area (Å²) >= 11 is 11.7. The average Bonchev–Trinajstić information content (AvgIpc) is 3.45. The molecule has 3 heterocycles. The number of para-hydroxylation sites is 1. The Bertz CT molecular complexity index is 1420. The topological polar surface area (TPSA) is 86.2 Å². The number of aromatic hydroxyl groups is 1. The lowest BCUT2D eigenvalue weighted by Crippen LogP contribution is -2.40. The van der Waals surface area contributed by atoms with Crippen LogP contribution in [0.5, 0.6) is 5.88 Å². The third-order valence-electron chi connectivity index (χ3n) is 6.23. The minimum Gasteiger partial charge on any atom is -0.493 e. The number of benzene rings is 2. The van der Waals surface area contributed by atoms with Crippen LogP contribution in [-0.2, 0) is 0 Å². The normalized spacial score (nSPS) is 18.3. The Hall–Kier alpha value is -3.42. The molecule has 0 aliphatic carbocycles. The van der Waals surface area contributed by atoms with Crippen molar-refractivity contribution in [2.45, 2.75) is 25.4 Å². The monoisotopic (exact) mass is 487 g/mol. The van der Waals surface area contributed by atoms with E-state index in [-0.39, 0.29) is 33.3 Å². The molecule has 7 nitrogen and oxygen atoms in total. The summed E-state index contributed by atoms with van der Waals surface area (Å²) in [6.45, 7) is 2.01. The number of hydrogen-bond donors (Lipinski definition) is 2. The van der Waals surface area contributed by atoms with Crippen LogP contribution in [0.25, 0.3) is 5.69 Å². The fraction of sp³-hybridized carbons (Fsp3) is 0.227. The van der Waals surface area contributed by atoms with E-state index in [1.165, 1.54) is 16.7 Å². The molecule has 2 bridgehead atoms. The number of nitriles is 1. The fourth-order valence-corrected chi connectivity index (χ4v) is 5.19. The highest BCUT2D eigenvalue weighted by molar-refractivity contribution is 7.80. The number of nitrogens with one attached hydrogen (secondary N) is 1. The highest BCUT2D eigenvalue weighted by atomic mass is 35.5. The smallest absolute Gasteiger partial charge is 0.336 e. The van der Waals surface area contributed by atoms with Crippen LogP contribution in [0.1, 0.15) is 35.3 Å². The van der Waals surface area contributed by atoms with Gasteiger partial charge in [0.15, 0.2) is 5.11 Å². The second-order valence-electron chi connectivity index (χ2n) is 7.96. The Balaban J connectivity index is 1.53. The number of anilines is 1. The molecule has 0 saturated carbocycles. The maximum Gasteiger partial charge on any atom is 0.336 e. The molecule has 1 aromatic heterocycles. The van der Waals surface area contributed by atoms with E-state index >= 15 is 0 Å². The summed E-state index contributed by atoms with van der Waals surface area (Å²) in [4.78, 5) is 15.0. The van der Waals surface area contributed by atoms with Gasteiger partial charge < -0.3 is 15.3 Å². The first-order valence-electron chi connectivity index (χ1n) is 10.0. The van der Waals surface area contributed by atoms with Crippen molar-refractivity contribution in [1.82, 2.24) is 14.0 Å². The van der Waals surface area contributed by atoms with Crippen molar-refractivity contribution < 1.29 is 13.9 Å². The van der Waals surface area contributed by atoms with Crippen molar-refractivity contribution in [3.8, 4) is 17.6 Å². The number of likely N-dealkylation sites (tertiary alicyclic amines) is 1. The molecule has 3 aromatic rings. The van der Waals surface area contributed by atoms with Gasteiger partial charge in [-0.1, -0.05) is 17.7 Å². The van der Waals surface area contributed by atoms with Crippen molar-refractivity contribution in [2.24, 2.45) is 0 Å². The van der Waals surface area contributed by atoms with E-state index in [1.807, 2.05) is 6.07 Å². The van der Waals surface area contributed by atoms with Gasteiger partial charge >= 0.3 is 5.69 Å². The summed E-state index contributed by atoms with van der Waals surface area (Å²) in [6.07, 6.45) is 0.521. The number of rotatable bonds is 2. The molecule has 0 radical (unpaired) electrons. The molecule has 5 rings (SSSR count). The summed E-state index contributed by atoms with van der Waals surface area (Å²) in [7, 11) is 0. The third kappa shape index (κ3) is 3.03. The molecule has 2 aliphatic heterocycles. The SMILES string of the molecule is Cc1c(-n2c(O)c3n(c2=O)[C@@H]2CC3N(C(=S)Nc3c(F)cccc3F)C2)ccc(C#N)c1Cl. The van der Waals surface area contributed by atoms with Gasteiger partial charge in [-0.15, -0.1) is 0 Å². The van der Waals surface area contributed by atoms with Crippen LogP contribution >= 0.6 is 23.8 Å². The maximum atomic E-state index is 14.1. The second-order valence-corrected chi connectivity index (χ2v) is 8.73. The van der Waals surface area contributed by atoms with Crippen molar-refractivity contribution in [3.05, 3.63) is 74.3 Å². The third-order valence-corrected chi connectivity index (χ3v) is 7.06. The first kappa shape index (κ1) is 21.4.